The SMILES string of the molecule is NC(N)=[NH+]CCC[C@@H]1NC(=O)[C@H](CCCC[NH3+])NC(=O)[C@@H](Cc2ccc(F)cc2)NC(=O)[C@H](CC(=O)O)NC(=O)CNC1=O. The standard InChI is InChI=1S/C27H40FN9O7/c28-16-8-6-15(7-9-16)12-19-25(43)36-18(4-1-2-10-29)24(42)35-17(5-3-11-32-27(30)31)23(41)33-14-21(38)34-20(13-22(39)40)26(44)37-19/h6-9,17-20H,1-5,10-14,29H2,(H,33,41)(H,34,38)(H,35,42)(H,36,43)(H,37,44)(H,39,40)(H4,30,31,32)/p+2/t17-,18-,19+,20-/m0/s1. The first-order valence-corrected chi connectivity index (χ1v) is 14.2. The van der Waals surface area contributed by atoms with Gasteiger partial charge in [0.1, 0.15) is 30.0 Å². The van der Waals surface area contributed by atoms with Crippen LogP contribution in [0.3, 0.4) is 0 Å². The Morgan fingerprint density at radius 1 is 0.841 bits per heavy atom. The van der Waals surface area contributed by atoms with E-state index >= 15 is 0 Å². The van der Waals surface area contributed by atoms with Crippen LogP contribution in [0.5, 0.6) is 0 Å². The Morgan fingerprint density at radius 2 is 1.41 bits per heavy atom. The van der Waals surface area contributed by atoms with Crippen LogP contribution in [-0.4, -0.2) is 90.4 Å². The molecule has 1 aromatic carbocycles. The minimum absolute atomic E-state index is 0.0281. The number of hydrogen-bond donors (Lipinski definition) is 10. The van der Waals surface area contributed by atoms with Crippen molar-refractivity contribution in [3.63, 3.8) is 0 Å². The Balaban J connectivity index is 2.45. The number of benzene rings is 1. The van der Waals surface area contributed by atoms with Gasteiger partial charge in [0.05, 0.1) is 26.1 Å². The van der Waals surface area contributed by atoms with E-state index in [0.29, 0.717) is 31.4 Å². The van der Waals surface area contributed by atoms with Crippen LogP contribution in [-0.2, 0) is 35.2 Å². The van der Waals surface area contributed by atoms with Gasteiger partial charge in [-0.25, -0.2) is 4.39 Å². The van der Waals surface area contributed by atoms with Gasteiger partial charge in [-0.1, -0.05) is 12.1 Å². The molecular formula is C27H42FN9O7+2. The molecule has 0 radical (unpaired) electrons. The van der Waals surface area contributed by atoms with Crippen molar-refractivity contribution in [3.8, 4) is 0 Å². The van der Waals surface area contributed by atoms with E-state index in [-0.39, 0.29) is 31.8 Å². The number of guanidine groups is 1. The first-order valence-electron chi connectivity index (χ1n) is 14.2. The average Bonchev–Trinajstić information content (AvgIpc) is 2.96. The molecule has 0 bridgehead atoms. The molecule has 0 aliphatic carbocycles. The first-order chi connectivity index (χ1) is 20.9. The fourth-order valence-electron chi connectivity index (χ4n) is 4.40. The smallest absolute Gasteiger partial charge is 0.338 e. The van der Waals surface area contributed by atoms with Crippen molar-refractivity contribution in [2.24, 2.45) is 11.5 Å². The number of carbonyl (C=O) groups is 6. The van der Waals surface area contributed by atoms with Crippen LogP contribution in [0, 0.1) is 5.82 Å². The number of rotatable bonds is 12. The van der Waals surface area contributed by atoms with Crippen molar-refractivity contribution in [3.05, 3.63) is 35.6 Å². The molecular weight excluding hydrogens is 581 g/mol. The molecule has 1 saturated heterocycles. The van der Waals surface area contributed by atoms with Gasteiger partial charge in [0.15, 0.2) is 0 Å². The largest absolute Gasteiger partial charge is 0.481 e. The van der Waals surface area contributed by atoms with E-state index < -0.39 is 78.5 Å². The molecule has 0 aromatic heterocycles. The lowest BCUT2D eigenvalue weighted by atomic mass is 10.0. The van der Waals surface area contributed by atoms with Gasteiger partial charge in [0.25, 0.3) is 0 Å². The van der Waals surface area contributed by atoms with Gasteiger partial charge in [-0.2, -0.15) is 0 Å². The number of unbranched alkanes of at least 4 members (excludes halogenated alkanes) is 1. The maximum absolute atomic E-state index is 13.6. The Morgan fingerprint density at radius 3 is 2.02 bits per heavy atom. The highest BCUT2D eigenvalue weighted by Gasteiger charge is 2.33. The molecule has 242 valence electrons. The Hall–Kier alpha value is -4.80. The number of hydrogen-bond acceptors (Lipinski definition) is 6. The zero-order chi connectivity index (χ0) is 32.6. The summed E-state index contributed by atoms with van der Waals surface area (Å²) in [6, 6.07) is -0.0291. The van der Waals surface area contributed by atoms with Crippen LogP contribution in [0.25, 0.3) is 0 Å². The number of halogens is 1. The summed E-state index contributed by atoms with van der Waals surface area (Å²) in [5, 5.41) is 21.7. The van der Waals surface area contributed by atoms with Gasteiger partial charge in [0.2, 0.25) is 29.5 Å². The topological polar surface area (TPSA) is 276 Å². The highest BCUT2D eigenvalue weighted by molar-refractivity contribution is 5.98. The zero-order valence-corrected chi connectivity index (χ0v) is 24.3. The molecule has 16 nitrogen and oxygen atoms in total. The molecule has 2 rings (SSSR count). The summed E-state index contributed by atoms with van der Waals surface area (Å²) in [5.74, 6) is -5.99. The molecule has 0 spiro atoms. The Labute approximate surface area is 253 Å². The highest BCUT2D eigenvalue weighted by Crippen LogP contribution is 2.10. The van der Waals surface area contributed by atoms with E-state index in [1.165, 1.54) is 24.3 Å². The van der Waals surface area contributed by atoms with Crippen molar-refractivity contribution >= 4 is 41.5 Å². The third-order valence-corrected chi connectivity index (χ3v) is 6.70. The van der Waals surface area contributed by atoms with Crippen molar-refractivity contribution in [2.75, 3.05) is 19.6 Å². The summed E-state index contributed by atoms with van der Waals surface area (Å²) in [4.78, 5) is 80.0. The third kappa shape index (κ3) is 12.6. The molecule has 1 aliphatic rings. The predicted octanol–water partition coefficient (Wildman–Crippen LogP) is -5.54. The summed E-state index contributed by atoms with van der Waals surface area (Å²) >= 11 is 0. The number of aliphatic carboxylic acids is 1. The van der Waals surface area contributed by atoms with E-state index in [1.807, 2.05) is 0 Å². The van der Waals surface area contributed by atoms with E-state index in [4.69, 9.17) is 11.5 Å². The second kappa shape index (κ2) is 18.0. The summed E-state index contributed by atoms with van der Waals surface area (Å²) in [7, 11) is 0. The average molecular weight is 624 g/mol. The van der Waals surface area contributed by atoms with E-state index in [9.17, 15) is 38.3 Å². The fourth-order valence-corrected chi connectivity index (χ4v) is 4.40. The van der Waals surface area contributed by atoms with Gasteiger partial charge < -0.3 is 37.4 Å². The van der Waals surface area contributed by atoms with Crippen molar-refractivity contribution in [1.29, 1.82) is 0 Å². The van der Waals surface area contributed by atoms with Gasteiger partial charge in [-0.15, -0.1) is 0 Å². The highest BCUT2D eigenvalue weighted by atomic mass is 19.1. The number of amides is 5. The Bertz CT molecular complexity index is 1210. The second-order valence-corrected chi connectivity index (χ2v) is 10.3. The maximum Gasteiger partial charge on any atom is 0.338 e. The molecule has 0 saturated carbocycles. The summed E-state index contributed by atoms with van der Waals surface area (Å²) in [6.07, 6.45) is 0.806. The Kier molecular flexibility index (Phi) is 14.5. The lowest BCUT2D eigenvalue weighted by Gasteiger charge is -2.26. The number of carboxylic acids is 1. The maximum atomic E-state index is 13.6. The molecule has 4 atom stereocenters. The lowest BCUT2D eigenvalue weighted by molar-refractivity contribution is -0.459. The number of carboxylic acid groups (broad SMARTS) is 1. The van der Waals surface area contributed by atoms with Crippen LogP contribution in [0.1, 0.15) is 44.1 Å². The van der Waals surface area contributed by atoms with Gasteiger partial charge in [-0.05, 0) is 49.8 Å². The molecule has 1 fully saturated rings. The van der Waals surface area contributed by atoms with Crippen LogP contribution >= 0.6 is 0 Å². The first kappa shape index (κ1) is 35.4. The number of quaternary nitrogens is 1. The number of nitrogens with one attached hydrogen (secondary N) is 6. The van der Waals surface area contributed by atoms with Crippen LogP contribution in [0.15, 0.2) is 24.3 Å². The molecule has 5 amide bonds. The molecule has 0 unspecified atom stereocenters. The zero-order valence-electron chi connectivity index (χ0n) is 24.3. The summed E-state index contributed by atoms with van der Waals surface area (Å²) < 4.78 is 13.5. The normalized spacial score (nSPS) is 21.8. The molecule has 44 heavy (non-hydrogen) atoms. The van der Waals surface area contributed by atoms with Crippen LogP contribution < -0.4 is 48.8 Å². The third-order valence-electron chi connectivity index (χ3n) is 6.70. The quantitative estimate of drug-likeness (QED) is 0.0603. The van der Waals surface area contributed by atoms with E-state index in [2.05, 4.69) is 37.3 Å². The van der Waals surface area contributed by atoms with Crippen LogP contribution in [0.2, 0.25) is 0 Å². The number of carbonyl (C=O) groups excluding carboxylic acids is 5. The lowest BCUT2D eigenvalue weighted by Crippen LogP contribution is -2.78. The molecule has 1 aliphatic heterocycles. The monoisotopic (exact) mass is 623 g/mol. The van der Waals surface area contributed by atoms with Gasteiger partial charge in [0, 0.05) is 6.42 Å². The molecule has 14 N–H and O–H groups in total. The second-order valence-electron chi connectivity index (χ2n) is 10.3. The summed E-state index contributed by atoms with van der Waals surface area (Å²) in [6.45, 7) is 0.234. The van der Waals surface area contributed by atoms with Crippen molar-refractivity contribution in [1.82, 2.24) is 26.6 Å². The minimum Gasteiger partial charge on any atom is -0.481 e. The van der Waals surface area contributed by atoms with Crippen molar-refractivity contribution in [2.45, 2.75) is 69.1 Å². The predicted molar refractivity (Wildman–Crippen MR) is 153 cm³/mol. The molecule has 1 aromatic rings. The van der Waals surface area contributed by atoms with E-state index in [1.54, 1.807) is 0 Å². The minimum atomic E-state index is -1.60. The molecule has 1 heterocycles. The van der Waals surface area contributed by atoms with Gasteiger partial charge >= 0.3 is 11.9 Å². The van der Waals surface area contributed by atoms with Crippen LogP contribution in [0.4, 0.5) is 4.39 Å². The van der Waals surface area contributed by atoms with E-state index in [0.717, 1.165) is 0 Å². The summed E-state index contributed by atoms with van der Waals surface area (Å²) in [5.41, 5.74) is 15.0. The van der Waals surface area contributed by atoms with Crippen molar-refractivity contribution < 1.29 is 49.0 Å². The number of nitrogens with two attached hydrogens (primary N) is 2. The fraction of sp³-hybridized carbons (Fsp3) is 0.519. The van der Waals surface area contributed by atoms with Gasteiger partial charge in [-0.3, -0.25) is 45.2 Å². The molecule has 17 heteroatoms.